The smallest absolute Gasteiger partial charge is 0.0784 e. The second-order valence-electron chi connectivity index (χ2n) is 6.49. The quantitative estimate of drug-likeness (QED) is 0.729. The van der Waals surface area contributed by atoms with Crippen LogP contribution >= 0.6 is 12.2 Å². The predicted molar refractivity (Wildman–Crippen MR) is 87.6 cm³/mol. The highest BCUT2D eigenvalue weighted by Crippen LogP contribution is 2.23. The van der Waals surface area contributed by atoms with Gasteiger partial charge in [0.15, 0.2) is 0 Å². The Morgan fingerprint density at radius 2 is 1.84 bits per heavy atom. The second kappa shape index (κ2) is 7.55. The third-order valence-electron chi connectivity index (χ3n) is 4.56. The van der Waals surface area contributed by atoms with E-state index >= 15 is 0 Å². The van der Waals surface area contributed by atoms with Gasteiger partial charge >= 0.3 is 0 Å². The molecule has 1 unspecified atom stereocenters. The first-order valence-electron chi connectivity index (χ1n) is 7.63. The maximum absolute atomic E-state index is 5.77. The topological polar surface area (TPSA) is 32.5 Å². The minimum atomic E-state index is 0.00782. The van der Waals surface area contributed by atoms with Gasteiger partial charge in [0.05, 0.1) is 4.99 Å². The van der Waals surface area contributed by atoms with Gasteiger partial charge in [-0.25, -0.2) is 0 Å². The molecular formula is C15H31N3S. The third-order valence-corrected chi connectivity index (χ3v) is 5.12. The summed E-state index contributed by atoms with van der Waals surface area (Å²) in [6, 6.07) is 0.732. The molecule has 0 amide bonds. The van der Waals surface area contributed by atoms with Gasteiger partial charge in [-0.1, -0.05) is 33.0 Å². The van der Waals surface area contributed by atoms with Crippen LogP contribution in [0.2, 0.25) is 0 Å². The molecule has 0 aromatic carbocycles. The molecule has 1 atom stereocenters. The Balaban J connectivity index is 2.22. The lowest BCUT2D eigenvalue weighted by Gasteiger charge is -2.38. The standard InChI is InChI=1S/C15H31N3S/c1-5-13(2)18-11-9-17(10-12-18)8-6-7-15(3,4)14(16)19/h13H,5-12H2,1-4H3,(H2,16,19). The Morgan fingerprint density at radius 3 is 2.32 bits per heavy atom. The van der Waals surface area contributed by atoms with Crippen molar-refractivity contribution >= 4 is 17.2 Å². The van der Waals surface area contributed by atoms with Crippen LogP contribution in [0.25, 0.3) is 0 Å². The SMILES string of the molecule is CCC(C)N1CCN(CCCC(C)(C)C(N)=S)CC1. The van der Waals surface area contributed by atoms with Gasteiger partial charge in [-0.15, -0.1) is 0 Å². The molecule has 0 spiro atoms. The van der Waals surface area contributed by atoms with Crippen LogP contribution in [0.5, 0.6) is 0 Å². The molecule has 19 heavy (non-hydrogen) atoms. The summed E-state index contributed by atoms with van der Waals surface area (Å²) in [5, 5.41) is 0. The molecule has 0 saturated carbocycles. The summed E-state index contributed by atoms with van der Waals surface area (Å²) in [5.74, 6) is 0. The van der Waals surface area contributed by atoms with E-state index in [0.717, 1.165) is 12.5 Å². The van der Waals surface area contributed by atoms with Gasteiger partial charge in [0.2, 0.25) is 0 Å². The lowest BCUT2D eigenvalue weighted by Crippen LogP contribution is -2.49. The molecule has 1 aliphatic rings. The number of hydrogen-bond acceptors (Lipinski definition) is 3. The van der Waals surface area contributed by atoms with Gasteiger partial charge in [-0.05, 0) is 32.7 Å². The Kier molecular flexibility index (Phi) is 6.71. The number of nitrogens with two attached hydrogens (primary N) is 1. The van der Waals surface area contributed by atoms with Crippen LogP contribution in [0.1, 0.15) is 47.0 Å². The van der Waals surface area contributed by atoms with Crippen molar-refractivity contribution < 1.29 is 0 Å². The Labute approximate surface area is 124 Å². The molecule has 0 bridgehead atoms. The minimum Gasteiger partial charge on any atom is -0.393 e. The minimum absolute atomic E-state index is 0.00782. The molecule has 1 saturated heterocycles. The van der Waals surface area contributed by atoms with Crippen LogP contribution in [0, 0.1) is 5.41 Å². The normalized spacial score (nSPS) is 20.4. The summed E-state index contributed by atoms with van der Waals surface area (Å²) >= 11 is 5.12. The number of rotatable bonds is 7. The monoisotopic (exact) mass is 285 g/mol. The summed E-state index contributed by atoms with van der Waals surface area (Å²) in [6.07, 6.45) is 3.53. The zero-order valence-corrected chi connectivity index (χ0v) is 13.9. The highest BCUT2D eigenvalue weighted by molar-refractivity contribution is 7.80. The Hall–Kier alpha value is -0.190. The number of nitrogens with zero attached hydrogens (tertiary/aromatic N) is 2. The van der Waals surface area contributed by atoms with Gasteiger partial charge in [-0.3, -0.25) is 4.90 Å². The highest BCUT2D eigenvalue weighted by atomic mass is 32.1. The molecule has 0 aromatic heterocycles. The molecule has 1 heterocycles. The van der Waals surface area contributed by atoms with Crippen LogP contribution in [0.15, 0.2) is 0 Å². The van der Waals surface area contributed by atoms with Gasteiger partial charge < -0.3 is 10.6 Å². The maximum Gasteiger partial charge on any atom is 0.0784 e. The molecule has 0 aliphatic carbocycles. The third kappa shape index (κ3) is 5.36. The first kappa shape index (κ1) is 16.9. The molecule has 2 N–H and O–H groups in total. The zero-order valence-electron chi connectivity index (χ0n) is 13.1. The highest BCUT2D eigenvalue weighted by Gasteiger charge is 2.23. The van der Waals surface area contributed by atoms with Crippen molar-refractivity contribution in [3.8, 4) is 0 Å². The molecular weight excluding hydrogens is 254 g/mol. The van der Waals surface area contributed by atoms with Crippen molar-refractivity contribution in [2.45, 2.75) is 53.0 Å². The molecule has 0 aromatic rings. The van der Waals surface area contributed by atoms with Crippen molar-refractivity contribution in [1.29, 1.82) is 0 Å². The summed E-state index contributed by atoms with van der Waals surface area (Å²) in [6.45, 7) is 14.9. The van der Waals surface area contributed by atoms with Crippen molar-refractivity contribution in [3.05, 3.63) is 0 Å². The van der Waals surface area contributed by atoms with E-state index in [-0.39, 0.29) is 5.41 Å². The van der Waals surface area contributed by atoms with Crippen LogP contribution in [-0.2, 0) is 0 Å². The summed E-state index contributed by atoms with van der Waals surface area (Å²) in [7, 11) is 0. The average Bonchev–Trinajstić information content (AvgIpc) is 2.38. The molecule has 112 valence electrons. The lowest BCUT2D eigenvalue weighted by atomic mass is 9.88. The second-order valence-corrected chi connectivity index (χ2v) is 6.93. The van der Waals surface area contributed by atoms with E-state index in [1.165, 1.54) is 45.6 Å². The van der Waals surface area contributed by atoms with E-state index in [2.05, 4.69) is 37.5 Å². The van der Waals surface area contributed by atoms with E-state index in [1.807, 2.05) is 0 Å². The Morgan fingerprint density at radius 1 is 1.26 bits per heavy atom. The fraction of sp³-hybridized carbons (Fsp3) is 0.933. The van der Waals surface area contributed by atoms with Crippen molar-refractivity contribution in [2.24, 2.45) is 11.1 Å². The fourth-order valence-corrected chi connectivity index (χ4v) is 2.66. The average molecular weight is 286 g/mol. The first-order valence-corrected chi connectivity index (χ1v) is 8.04. The van der Waals surface area contributed by atoms with Gasteiger partial charge in [0.1, 0.15) is 0 Å². The van der Waals surface area contributed by atoms with Crippen LogP contribution in [-0.4, -0.2) is 53.6 Å². The molecule has 1 rings (SSSR count). The van der Waals surface area contributed by atoms with Crippen LogP contribution in [0.4, 0.5) is 0 Å². The van der Waals surface area contributed by atoms with E-state index in [4.69, 9.17) is 18.0 Å². The first-order chi connectivity index (χ1) is 8.86. The molecule has 1 aliphatic heterocycles. The fourth-order valence-electron chi connectivity index (χ4n) is 2.55. The molecule has 0 radical (unpaired) electrons. The van der Waals surface area contributed by atoms with E-state index < -0.39 is 0 Å². The lowest BCUT2D eigenvalue weighted by molar-refractivity contribution is 0.0983. The molecule has 4 heteroatoms. The van der Waals surface area contributed by atoms with Gasteiger partial charge in [0.25, 0.3) is 0 Å². The predicted octanol–water partition coefficient (Wildman–Crippen LogP) is 2.50. The molecule has 3 nitrogen and oxygen atoms in total. The Bertz CT molecular complexity index is 283. The van der Waals surface area contributed by atoms with E-state index in [1.54, 1.807) is 0 Å². The number of thiocarbonyl (C=S) groups is 1. The van der Waals surface area contributed by atoms with Crippen LogP contribution < -0.4 is 5.73 Å². The van der Waals surface area contributed by atoms with Gasteiger partial charge in [0, 0.05) is 37.6 Å². The summed E-state index contributed by atoms with van der Waals surface area (Å²) in [4.78, 5) is 5.83. The van der Waals surface area contributed by atoms with Crippen LogP contribution in [0.3, 0.4) is 0 Å². The van der Waals surface area contributed by atoms with Crippen molar-refractivity contribution in [3.63, 3.8) is 0 Å². The number of hydrogen-bond donors (Lipinski definition) is 1. The summed E-state index contributed by atoms with van der Waals surface area (Å²) in [5.41, 5.74) is 5.78. The van der Waals surface area contributed by atoms with Crippen molar-refractivity contribution in [2.75, 3.05) is 32.7 Å². The molecule has 1 fully saturated rings. The summed E-state index contributed by atoms with van der Waals surface area (Å²) < 4.78 is 0. The largest absolute Gasteiger partial charge is 0.393 e. The van der Waals surface area contributed by atoms with Gasteiger partial charge in [-0.2, -0.15) is 0 Å². The van der Waals surface area contributed by atoms with E-state index in [0.29, 0.717) is 4.99 Å². The van der Waals surface area contributed by atoms with E-state index in [9.17, 15) is 0 Å². The van der Waals surface area contributed by atoms with Crippen molar-refractivity contribution in [1.82, 2.24) is 9.80 Å². The number of piperazine rings is 1. The zero-order chi connectivity index (χ0) is 14.5. The maximum atomic E-state index is 5.77.